The molecule has 2 nitrogen and oxygen atoms in total. The van der Waals surface area contributed by atoms with Crippen LogP contribution in [0.3, 0.4) is 0 Å². The van der Waals surface area contributed by atoms with Crippen LogP contribution < -0.4 is 10.1 Å². The van der Waals surface area contributed by atoms with E-state index in [0.717, 1.165) is 12.3 Å². The van der Waals surface area contributed by atoms with Gasteiger partial charge < -0.3 is 10.1 Å². The Labute approximate surface area is 128 Å². The average Bonchev–Trinajstić information content (AvgIpc) is 2.55. The van der Waals surface area contributed by atoms with Gasteiger partial charge in [-0.3, -0.25) is 0 Å². The summed E-state index contributed by atoms with van der Waals surface area (Å²) in [5.74, 6) is 0.911. The van der Waals surface area contributed by atoms with Gasteiger partial charge in [-0.05, 0) is 56.0 Å². The van der Waals surface area contributed by atoms with Crippen molar-refractivity contribution < 1.29 is 4.74 Å². The third kappa shape index (κ3) is 5.24. The number of rotatable bonds is 8. The lowest BCUT2D eigenvalue weighted by molar-refractivity contribution is 0.414. The van der Waals surface area contributed by atoms with E-state index < -0.39 is 0 Å². The summed E-state index contributed by atoms with van der Waals surface area (Å²) in [6.07, 6.45) is 3.60. The number of hydrogen-bond donors (Lipinski definition) is 1. The molecule has 2 aromatic carbocycles. The van der Waals surface area contributed by atoms with Crippen LogP contribution in [-0.2, 0) is 6.42 Å². The van der Waals surface area contributed by atoms with Crippen molar-refractivity contribution in [1.29, 1.82) is 0 Å². The third-order valence-electron chi connectivity index (χ3n) is 3.80. The first kappa shape index (κ1) is 15.6. The number of hydrogen-bond acceptors (Lipinski definition) is 2. The summed E-state index contributed by atoms with van der Waals surface area (Å²) in [7, 11) is 1.70. The van der Waals surface area contributed by atoms with Crippen LogP contribution in [0.25, 0.3) is 0 Å². The summed E-state index contributed by atoms with van der Waals surface area (Å²) in [6, 6.07) is 19.4. The van der Waals surface area contributed by atoms with Crippen molar-refractivity contribution in [3.63, 3.8) is 0 Å². The molecular formula is C19H25NO. The molecule has 0 aliphatic carbocycles. The van der Waals surface area contributed by atoms with Crippen LogP contribution in [0.15, 0.2) is 54.6 Å². The molecule has 2 heteroatoms. The molecule has 0 amide bonds. The van der Waals surface area contributed by atoms with Crippen molar-refractivity contribution in [1.82, 2.24) is 5.32 Å². The van der Waals surface area contributed by atoms with Crippen molar-refractivity contribution in [2.24, 2.45) is 0 Å². The fourth-order valence-electron chi connectivity index (χ4n) is 2.43. The van der Waals surface area contributed by atoms with E-state index in [1.54, 1.807) is 7.11 Å². The zero-order valence-corrected chi connectivity index (χ0v) is 13.0. The van der Waals surface area contributed by atoms with Crippen molar-refractivity contribution >= 4 is 0 Å². The van der Waals surface area contributed by atoms with Gasteiger partial charge in [0.2, 0.25) is 0 Å². The Morgan fingerprint density at radius 3 is 2.33 bits per heavy atom. The fraction of sp³-hybridized carbons (Fsp3) is 0.368. The number of benzene rings is 2. The molecule has 0 radical (unpaired) electrons. The van der Waals surface area contributed by atoms with Gasteiger partial charge >= 0.3 is 0 Å². The molecule has 0 spiro atoms. The molecule has 0 aliphatic rings. The smallest absolute Gasteiger partial charge is 0.118 e. The largest absolute Gasteiger partial charge is 0.497 e. The summed E-state index contributed by atoms with van der Waals surface area (Å²) >= 11 is 0. The van der Waals surface area contributed by atoms with Crippen molar-refractivity contribution in [3.05, 3.63) is 65.7 Å². The lowest BCUT2D eigenvalue weighted by Gasteiger charge is -2.14. The van der Waals surface area contributed by atoms with Crippen LogP contribution in [0, 0.1) is 0 Å². The predicted molar refractivity (Wildman–Crippen MR) is 88.8 cm³/mol. The summed E-state index contributed by atoms with van der Waals surface area (Å²) in [6.45, 7) is 3.26. The minimum absolute atomic E-state index is 0.382. The lowest BCUT2D eigenvalue weighted by atomic mass is 10.1. The molecule has 0 bridgehead atoms. The topological polar surface area (TPSA) is 21.3 Å². The third-order valence-corrected chi connectivity index (χ3v) is 3.80. The highest BCUT2D eigenvalue weighted by atomic mass is 16.5. The Morgan fingerprint density at radius 2 is 1.67 bits per heavy atom. The minimum atomic E-state index is 0.382. The molecule has 0 aromatic heterocycles. The maximum absolute atomic E-state index is 5.18. The zero-order chi connectivity index (χ0) is 14.9. The molecule has 1 atom stereocenters. The molecule has 2 rings (SSSR count). The molecule has 1 N–H and O–H groups in total. The van der Waals surface area contributed by atoms with Crippen molar-refractivity contribution in [3.8, 4) is 5.75 Å². The standard InChI is InChI=1S/C19H25NO/c1-16(18-11-13-19(21-2)14-12-18)20-15-7-6-10-17-8-4-3-5-9-17/h3-5,8-9,11-14,16,20H,6-7,10,15H2,1-2H3/t16-/m0/s1. The first-order valence-electron chi connectivity index (χ1n) is 7.71. The quantitative estimate of drug-likeness (QED) is 0.726. The highest BCUT2D eigenvalue weighted by Crippen LogP contribution is 2.17. The number of aryl methyl sites for hydroxylation is 1. The van der Waals surface area contributed by atoms with E-state index in [1.807, 2.05) is 12.1 Å². The van der Waals surface area contributed by atoms with Gasteiger partial charge in [0.05, 0.1) is 7.11 Å². The maximum Gasteiger partial charge on any atom is 0.118 e. The molecule has 0 heterocycles. The SMILES string of the molecule is COc1ccc([C@H](C)NCCCCc2ccccc2)cc1. The van der Waals surface area contributed by atoms with Gasteiger partial charge in [0.15, 0.2) is 0 Å². The molecule has 112 valence electrons. The van der Waals surface area contributed by atoms with Crippen LogP contribution in [0.2, 0.25) is 0 Å². The number of ether oxygens (including phenoxy) is 1. The van der Waals surface area contributed by atoms with Crippen LogP contribution >= 0.6 is 0 Å². The highest BCUT2D eigenvalue weighted by Gasteiger charge is 2.04. The van der Waals surface area contributed by atoms with E-state index in [9.17, 15) is 0 Å². The number of methoxy groups -OCH3 is 1. The predicted octanol–water partition coefficient (Wildman–Crippen LogP) is 4.37. The van der Waals surface area contributed by atoms with E-state index in [0.29, 0.717) is 6.04 Å². The minimum Gasteiger partial charge on any atom is -0.497 e. The van der Waals surface area contributed by atoms with Crippen LogP contribution in [0.4, 0.5) is 0 Å². The summed E-state index contributed by atoms with van der Waals surface area (Å²) in [5, 5.41) is 3.58. The first-order chi connectivity index (χ1) is 10.3. The fourth-order valence-corrected chi connectivity index (χ4v) is 2.43. The lowest BCUT2D eigenvalue weighted by Crippen LogP contribution is -2.19. The summed E-state index contributed by atoms with van der Waals surface area (Å²) in [5.41, 5.74) is 2.74. The normalized spacial score (nSPS) is 12.1. The molecule has 0 saturated carbocycles. The summed E-state index contributed by atoms with van der Waals surface area (Å²) < 4.78 is 5.18. The van der Waals surface area contributed by atoms with E-state index in [4.69, 9.17) is 4.74 Å². The molecular weight excluding hydrogens is 258 g/mol. The second kappa shape index (κ2) is 8.48. The number of nitrogens with one attached hydrogen (secondary N) is 1. The Morgan fingerprint density at radius 1 is 0.952 bits per heavy atom. The number of unbranched alkanes of at least 4 members (excludes halogenated alkanes) is 1. The van der Waals surface area contributed by atoms with Gasteiger partial charge in [-0.25, -0.2) is 0 Å². The molecule has 0 saturated heterocycles. The van der Waals surface area contributed by atoms with Crippen LogP contribution in [0.5, 0.6) is 5.75 Å². The molecule has 2 aromatic rings. The Kier molecular flexibility index (Phi) is 6.29. The molecule has 0 unspecified atom stereocenters. The van der Waals surface area contributed by atoms with E-state index in [-0.39, 0.29) is 0 Å². The van der Waals surface area contributed by atoms with Gasteiger partial charge in [0.25, 0.3) is 0 Å². The van der Waals surface area contributed by atoms with E-state index >= 15 is 0 Å². The van der Waals surface area contributed by atoms with Gasteiger partial charge in [0.1, 0.15) is 5.75 Å². The van der Waals surface area contributed by atoms with Gasteiger partial charge in [0, 0.05) is 6.04 Å². The van der Waals surface area contributed by atoms with Crippen LogP contribution in [0.1, 0.15) is 36.9 Å². The first-order valence-corrected chi connectivity index (χ1v) is 7.71. The zero-order valence-electron chi connectivity index (χ0n) is 13.0. The average molecular weight is 283 g/mol. The summed E-state index contributed by atoms with van der Waals surface area (Å²) in [4.78, 5) is 0. The Hall–Kier alpha value is -1.80. The van der Waals surface area contributed by atoms with E-state index in [1.165, 1.54) is 30.4 Å². The Balaban J connectivity index is 1.65. The second-order valence-corrected chi connectivity index (χ2v) is 5.39. The molecule has 21 heavy (non-hydrogen) atoms. The maximum atomic E-state index is 5.18. The van der Waals surface area contributed by atoms with Crippen LogP contribution in [-0.4, -0.2) is 13.7 Å². The Bertz CT molecular complexity index is 507. The van der Waals surface area contributed by atoms with Crippen molar-refractivity contribution in [2.75, 3.05) is 13.7 Å². The van der Waals surface area contributed by atoms with Gasteiger partial charge in [-0.1, -0.05) is 42.5 Å². The highest BCUT2D eigenvalue weighted by molar-refractivity contribution is 5.28. The second-order valence-electron chi connectivity index (χ2n) is 5.39. The van der Waals surface area contributed by atoms with E-state index in [2.05, 4.69) is 54.7 Å². The van der Waals surface area contributed by atoms with Gasteiger partial charge in [-0.15, -0.1) is 0 Å². The molecule has 0 fully saturated rings. The monoisotopic (exact) mass is 283 g/mol. The molecule has 0 aliphatic heterocycles. The van der Waals surface area contributed by atoms with Crippen molar-refractivity contribution in [2.45, 2.75) is 32.2 Å². The van der Waals surface area contributed by atoms with Gasteiger partial charge in [-0.2, -0.15) is 0 Å².